The minimum Gasteiger partial charge on any atom is -0.493 e. The molecule has 0 atom stereocenters. The number of ether oxygens (including phenoxy) is 1. The van der Waals surface area contributed by atoms with Crippen LogP contribution in [0.1, 0.15) is 36.5 Å². The second-order valence-corrected chi connectivity index (χ2v) is 5.49. The van der Waals surface area contributed by atoms with Gasteiger partial charge in [0.1, 0.15) is 11.4 Å². The van der Waals surface area contributed by atoms with E-state index in [1.54, 1.807) is 0 Å². The molecule has 1 fully saturated rings. The highest BCUT2D eigenvalue weighted by molar-refractivity contribution is 5.97. The maximum atomic E-state index is 12.7. The molecule has 0 bridgehead atoms. The number of rotatable bonds is 3. The highest BCUT2D eigenvalue weighted by Crippen LogP contribution is 2.33. The van der Waals surface area contributed by atoms with Gasteiger partial charge in [0.2, 0.25) is 0 Å². The predicted octanol–water partition coefficient (Wildman–Crippen LogP) is 2.47. The fraction of sp³-hybridized carbons (Fsp3) is 0.500. The Morgan fingerprint density at radius 1 is 1.38 bits per heavy atom. The molecule has 0 N–H and O–H groups in total. The number of nitrogens with zero attached hydrogens (tertiary/aromatic N) is 2. The van der Waals surface area contributed by atoms with Gasteiger partial charge >= 0.3 is 0 Å². The maximum Gasteiger partial charge on any atom is 0.257 e. The minimum absolute atomic E-state index is 0.0350. The summed E-state index contributed by atoms with van der Waals surface area (Å²) in [6.45, 7) is 3.87. The van der Waals surface area contributed by atoms with Crippen LogP contribution in [0.4, 0.5) is 0 Å². The molecule has 0 saturated carbocycles. The molecule has 2 aliphatic heterocycles. The van der Waals surface area contributed by atoms with Crippen LogP contribution in [0.5, 0.6) is 5.75 Å². The van der Waals surface area contributed by atoms with Crippen molar-refractivity contribution in [2.24, 2.45) is 5.16 Å². The monoisotopic (exact) mass is 288 g/mol. The van der Waals surface area contributed by atoms with E-state index in [-0.39, 0.29) is 11.5 Å². The molecule has 1 amide bonds. The molecule has 5 nitrogen and oxygen atoms in total. The Bertz CT molecular complexity index is 538. The van der Waals surface area contributed by atoms with E-state index in [2.05, 4.69) is 5.16 Å². The first-order valence-corrected chi connectivity index (χ1v) is 7.45. The van der Waals surface area contributed by atoms with Gasteiger partial charge in [-0.15, -0.1) is 0 Å². The van der Waals surface area contributed by atoms with Crippen LogP contribution in [0.3, 0.4) is 0 Å². The smallest absolute Gasteiger partial charge is 0.257 e. The van der Waals surface area contributed by atoms with Gasteiger partial charge in [-0.25, -0.2) is 0 Å². The van der Waals surface area contributed by atoms with Gasteiger partial charge in [-0.1, -0.05) is 17.3 Å². The fourth-order valence-corrected chi connectivity index (χ4v) is 2.90. The van der Waals surface area contributed by atoms with Crippen molar-refractivity contribution in [1.82, 2.24) is 4.90 Å². The molecule has 1 aromatic carbocycles. The summed E-state index contributed by atoms with van der Waals surface area (Å²) in [5, 5.41) is 3.88. The van der Waals surface area contributed by atoms with E-state index in [1.165, 1.54) is 0 Å². The molecule has 2 heterocycles. The molecule has 1 spiro atoms. The Labute approximate surface area is 124 Å². The summed E-state index contributed by atoms with van der Waals surface area (Å²) in [5.41, 5.74) is 0.467. The molecular formula is C16H20N2O3. The molecule has 0 unspecified atom stereocenters. The first-order valence-electron chi connectivity index (χ1n) is 7.45. The quantitative estimate of drug-likeness (QED) is 0.858. The summed E-state index contributed by atoms with van der Waals surface area (Å²) >= 11 is 0. The topological polar surface area (TPSA) is 51.1 Å². The number of piperidine rings is 1. The molecule has 21 heavy (non-hydrogen) atoms. The lowest BCUT2D eigenvalue weighted by molar-refractivity contribution is -0.0568. The second-order valence-electron chi connectivity index (χ2n) is 5.49. The second kappa shape index (κ2) is 5.76. The van der Waals surface area contributed by atoms with E-state index in [4.69, 9.17) is 9.57 Å². The van der Waals surface area contributed by atoms with Crippen molar-refractivity contribution in [3.8, 4) is 5.75 Å². The van der Waals surface area contributed by atoms with E-state index < -0.39 is 0 Å². The van der Waals surface area contributed by atoms with Crippen molar-refractivity contribution in [2.45, 2.75) is 31.8 Å². The van der Waals surface area contributed by atoms with E-state index in [0.29, 0.717) is 31.0 Å². The van der Waals surface area contributed by atoms with Crippen LogP contribution in [0.2, 0.25) is 0 Å². The molecule has 0 radical (unpaired) electrons. The number of oxime groups is 1. The highest BCUT2D eigenvalue weighted by atomic mass is 16.7. The molecule has 112 valence electrons. The van der Waals surface area contributed by atoms with E-state index >= 15 is 0 Å². The number of carbonyl (C=O) groups excluding carboxylic acids is 1. The molecule has 0 aliphatic carbocycles. The maximum absolute atomic E-state index is 12.7. The number of benzene rings is 1. The Hall–Kier alpha value is -2.04. The molecular weight excluding hydrogens is 268 g/mol. The molecule has 1 saturated heterocycles. The van der Waals surface area contributed by atoms with Crippen molar-refractivity contribution >= 4 is 12.1 Å². The first kappa shape index (κ1) is 13.9. The average molecular weight is 288 g/mol. The SMILES string of the molecule is CCOc1ccccc1C(=O)N1CCC2(CC=NO2)CC1. The van der Waals surface area contributed by atoms with E-state index in [0.717, 1.165) is 19.3 Å². The third kappa shape index (κ3) is 2.73. The Morgan fingerprint density at radius 2 is 2.14 bits per heavy atom. The molecule has 3 rings (SSSR count). The number of hydrogen-bond donors (Lipinski definition) is 0. The van der Waals surface area contributed by atoms with E-state index in [9.17, 15) is 4.79 Å². The highest BCUT2D eigenvalue weighted by Gasteiger charge is 2.40. The van der Waals surface area contributed by atoms with Crippen LogP contribution in [-0.2, 0) is 4.84 Å². The fourth-order valence-electron chi connectivity index (χ4n) is 2.90. The number of hydrogen-bond acceptors (Lipinski definition) is 4. The molecule has 1 aromatic rings. The summed E-state index contributed by atoms with van der Waals surface area (Å²) in [4.78, 5) is 20.0. The normalized spacial score (nSPS) is 19.6. The lowest BCUT2D eigenvalue weighted by atomic mass is 9.89. The van der Waals surface area contributed by atoms with Crippen molar-refractivity contribution in [3.63, 3.8) is 0 Å². The Kier molecular flexibility index (Phi) is 3.82. The molecule has 5 heteroatoms. The van der Waals surface area contributed by atoms with Gasteiger partial charge in [0.25, 0.3) is 5.91 Å². The van der Waals surface area contributed by atoms with Gasteiger partial charge in [-0.05, 0) is 19.1 Å². The van der Waals surface area contributed by atoms with Gasteiger partial charge in [0.15, 0.2) is 0 Å². The summed E-state index contributed by atoms with van der Waals surface area (Å²) in [5.74, 6) is 0.693. The first-order chi connectivity index (χ1) is 10.2. The van der Waals surface area contributed by atoms with Gasteiger partial charge in [0.05, 0.1) is 12.2 Å². The van der Waals surface area contributed by atoms with Crippen LogP contribution < -0.4 is 4.74 Å². The van der Waals surface area contributed by atoms with Crippen LogP contribution in [-0.4, -0.2) is 42.3 Å². The third-order valence-corrected chi connectivity index (χ3v) is 4.16. The predicted molar refractivity (Wildman–Crippen MR) is 79.7 cm³/mol. The largest absolute Gasteiger partial charge is 0.493 e. The lowest BCUT2D eigenvalue weighted by Gasteiger charge is -2.37. The summed E-state index contributed by atoms with van der Waals surface area (Å²) < 4.78 is 5.55. The number of para-hydroxylation sites is 1. The average Bonchev–Trinajstić information content (AvgIpc) is 2.97. The van der Waals surface area contributed by atoms with Crippen molar-refractivity contribution < 1.29 is 14.4 Å². The van der Waals surface area contributed by atoms with Gasteiger partial charge < -0.3 is 14.5 Å². The van der Waals surface area contributed by atoms with Crippen molar-refractivity contribution in [1.29, 1.82) is 0 Å². The number of carbonyl (C=O) groups is 1. The summed E-state index contributed by atoms with van der Waals surface area (Å²) in [7, 11) is 0. The van der Waals surface area contributed by atoms with Gasteiger partial charge in [-0.2, -0.15) is 0 Å². The van der Waals surface area contributed by atoms with Crippen LogP contribution in [0.15, 0.2) is 29.4 Å². The zero-order chi connectivity index (χ0) is 14.7. The lowest BCUT2D eigenvalue weighted by Crippen LogP contribution is -2.46. The minimum atomic E-state index is -0.170. The summed E-state index contributed by atoms with van der Waals surface area (Å²) in [6, 6.07) is 7.43. The number of amides is 1. The molecule has 0 aromatic heterocycles. The van der Waals surface area contributed by atoms with Crippen LogP contribution in [0, 0.1) is 0 Å². The Morgan fingerprint density at radius 3 is 2.81 bits per heavy atom. The molecule has 2 aliphatic rings. The van der Waals surface area contributed by atoms with Crippen LogP contribution in [0.25, 0.3) is 0 Å². The zero-order valence-electron chi connectivity index (χ0n) is 12.2. The van der Waals surface area contributed by atoms with Crippen LogP contribution >= 0.6 is 0 Å². The standard InChI is InChI=1S/C16H20N2O3/c1-2-20-14-6-4-3-5-13(14)15(19)18-11-8-16(9-12-18)7-10-17-21-16/h3-6,10H,2,7-9,11-12H2,1H3. The summed E-state index contributed by atoms with van der Waals surface area (Å²) in [6.07, 6.45) is 4.33. The Balaban J connectivity index is 1.69. The zero-order valence-corrected chi connectivity index (χ0v) is 12.2. The number of likely N-dealkylation sites (tertiary alicyclic amines) is 1. The van der Waals surface area contributed by atoms with E-state index in [1.807, 2.05) is 42.3 Å². The van der Waals surface area contributed by atoms with Gasteiger partial charge in [0, 0.05) is 38.6 Å². The van der Waals surface area contributed by atoms with Crippen molar-refractivity contribution in [3.05, 3.63) is 29.8 Å². The van der Waals surface area contributed by atoms with Gasteiger partial charge in [-0.3, -0.25) is 4.79 Å². The third-order valence-electron chi connectivity index (χ3n) is 4.16. The van der Waals surface area contributed by atoms with Crippen molar-refractivity contribution in [2.75, 3.05) is 19.7 Å².